The maximum atomic E-state index is 11.6. The van der Waals surface area contributed by atoms with E-state index in [1.54, 1.807) is 19.2 Å². The van der Waals surface area contributed by atoms with Crippen LogP contribution in [0, 0.1) is 30.9 Å². The zero-order valence-electron chi connectivity index (χ0n) is 13.4. The van der Waals surface area contributed by atoms with Crippen LogP contribution in [0.15, 0.2) is 30.7 Å². The van der Waals surface area contributed by atoms with Gasteiger partial charge in [0.2, 0.25) is 11.6 Å². The number of rotatable bonds is 4. The number of aryl methyl sites for hydroxylation is 3. The van der Waals surface area contributed by atoms with Crippen LogP contribution in [-0.2, 0) is 0 Å². The third-order valence-electron chi connectivity index (χ3n) is 3.35. The van der Waals surface area contributed by atoms with Crippen LogP contribution >= 0.6 is 0 Å². The number of pyridine rings is 1. The van der Waals surface area contributed by atoms with Gasteiger partial charge in [0.05, 0.1) is 10.6 Å². The topological polar surface area (TPSA) is 112 Å². The van der Waals surface area contributed by atoms with Crippen molar-refractivity contribution in [3.63, 3.8) is 0 Å². The minimum atomic E-state index is -0.525. The van der Waals surface area contributed by atoms with E-state index in [1.807, 2.05) is 26.0 Å². The number of nitro groups is 1. The largest absolute Gasteiger partial charge is 0.356 e. The van der Waals surface area contributed by atoms with Gasteiger partial charge in [0.25, 0.3) is 0 Å². The van der Waals surface area contributed by atoms with E-state index < -0.39 is 4.92 Å². The van der Waals surface area contributed by atoms with Crippen LogP contribution in [0.2, 0.25) is 0 Å². The van der Waals surface area contributed by atoms with Gasteiger partial charge in [-0.15, -0.1) is 0 Å². The molecule has 0 atom stereocenters. The summed E-state index contributed by atoms with van der Waals surface area (Å²) in [5.74, 6) is 0.630. The van der Waals surface area contributed by atoms with Gasteiger partial charge in [-0.3, -0.25) is 10.1 Å². The van der Waals surface area contributed by atoms with E-state index >= 15 is 0 Å². The molecule has 1 N–H and O–H groups in total. The SMILES string of the molecule is Cc1ccc(Nc2ncnc(-n3nc(C)cc3C)c2[N+](=O)[O-])nc1. The first kappa shape index (κ1) is 15.5. The van der Waals surface area contributed by atoms with Gasteiger partial charge in [-0.25, -0.2) is 19.6 Å². The summed E-state index contributed by atoms with van der Waals surface area (Å²) >= 11 is 0. The Kier molecular flexibility index (Phi) is 3.90. The van der Waals surface area contributed by atoms with Crippen molar-refractivity contribution in [1.82, 2.24) is 24.7 Å². The Morgan fingerprint density at radius 2 is 1.96 bits per heavy atom. The maximum Gasteiger partial charge on any atom is 0.356 e. The molecule has 3 aromatic rings. The molecule has 0 aliphatic carbocycles. The molecule has 0 bridgehead atoms. The highest BCUT2D eigenvalue weighted by molar-refractivity contribution is 5.68. The number of hydrogen-bond donors (Lipinski definition) is 1. The summed E-state index contributed by atoms with van der Waals surface area (Å²) in [4.78, 5) is 23.3. The molecule has 0 radical (unpaired) electrons. The van der Waals surface area contributed by atoms with E-state index in [-0.39, 0.29) is 17.3 Å². The van der Waals surface area contributed by atoms with Crippen molar-refractivity contribution in [2.75, 3.05) is 5.32 Å². The Labute approximate surface area is 137 Å². The molecule has 3 rings (SSSR count). The lowest BCUT2D eigenvalue weighted by molar-refractivity contribution is -0.384. The molecule has 3 aromatic heterocycles. The summed E-state index contributed by atoms with van der Waals surface area (Å²) in [7, 11) is 0. The summed E-state index contributed by atoms with van der Waals surface area (Å²) in [5, 5.41) is 18.7. The van der Waals surface area contributed by atoms with E-state index in [2.05, 4.69) is 25.4 Å². The van der Waals surface area contributed by atoms with Gasteiger partial charge in [0, 0.05) is 11.9 Å². The van der Waals surface area contributed by atoms with E-state index in [1.165, 1.54) is 11.0 Å². The maximum absolute atomic E-state index is 11.6. The molecule has 0 amide bonds. The summed E-state index contributed by atoms with van der Waals surface area (Å²) in [6.07, 6.45) is 2.92. The van der Waals surface area contributed by atoms with E-state index in [4.69, 9.17) is 0 Å². The molecule has 0 aliphatic heterocycles. The molecule has 9 nitrogen and oxygen atoms in total. The molecule has 9 heteroatoms. The molecule has 0 unspecified atom stereocenters. The fourth-order valence-corrected chi connectivity index (χ4v) is 2.29. The lowest BCUT2D eigenvalue weighted by Gasteiger charge is -2.09. The highest BCUT2D eigenvalue weighted by atomic mass is 16.6. The summed E-state index contributed by atoms with van der Waals surface area (Å²) < 4.78 is 1.43. The number of nitrogens with one attached hydrogen (secondary N) is 1. The van der Waals surface area contributed by atoms with Gasteiger partial charge < -0.3 is 5.32 Å². The number of nitrogens with zero attached hydrogens (tertiary/aromatic N) is 6. The van der Waals surface area contributed by atoms with Gasteiger partial charge >= 0.3 is 5.69 Å². The zero-order valence-corrected chi connectivity index (χ0v) is 13.4. The van der Waals surface area contributed by atoms with Crippen LogP contribution in [-0.4, -0.2) is 29.7 Å². The van der Waals surface area contributed by atoms with Gasteiger partial charge in [0.1, 0.15) is 12.1 Å². The minimum absolute atomic E-state index is 0.0638. The van der Waals surface area contributed by atoms with Crippen LogP contribution in [0.4, 0.5) is 17.3 Å². The monoisotopic (exact) mass is 325 g/mol. The predicted molar refractivity (Wildman–Crippen MR) is 87.5 cm³/mol. The average molecular weight is 325 g/mol. The summed E-state index contributed by atoms with van der Waals surface area (Å²) in [6, 6.07) is 5.40. The van der Waals surface area contributed by atoms with Crippen LogP contribution in [0.5, 0.6) is 0 Å². The predicted octanol–water partition coefficient (Wildman–Crippen LogP) is 2.63. The van der Waals surface area contributed by atoms with E-state index in [9.17, 15) is 10.1 Å². The van der Waals surface area contributed by atoms with Gasteiger partial charge in [-0.1, -0.05) is 6.07 Å². The van der Waals surface area contributed by atoms with Crippen molar-refractivity contribution in [3.8, 4) is 5.82 Å². The molecule has 0 spiro atoms. The molecule has 3 heterocycles. The zero-order chi connectivity index (χ0) is 17.3. The standard InChI is InChI=1S/C15H15N7O2/c1-9-4-5-12(16-7-9)19-14-13(22(23)24)15(18-8-17-14)21-11(3)6-10(2)20-21/h4-8H,1-3H3,(H,16,17,18,19). The second kappa shape index (κ2) is 6.03. The van der Waals surface area contributed by atoms with Gasteiger partial charge in [-0.05, 0) is 38.5 Å². The minimum Gasteiger partial charge on any atom is -0.319 e. The molecule has 24 heavy (non-hydrogen) atoms. The van der Waals surface area contributed by atoms with Crippen molar-refractivity contribution in [2.45, 2.75) is 20.8 Å². The normalized spacial score (nSPS) is 10.6. The number of anilines is 2. The Bertz CT molecular complexity index is 903. The summed E-state index contributed by atoms with van der Waals surface area (Å²) in [5.41, 5.74) is 2.22. The molecule has 0 aromatic carbocycles. The lowest BCUT2D eigenvalue weighted by atomic mass is 10.3. The molecular formula is C15H15N7O2. The van der Waals surface area contributed by atoms with Crippen molar-refractivity contribution in [2.24, 2.45) is 0 Å². The quantitative estimate of drug-likeness (QED) is 0.579. The summed E-state index contributed by atoms with van der Waals surface area (Å²) in [6.45, 7) is 5.53. The van der Waals surface area contributed by atoms with Crippen molar-refractivity contribution in [1.29, 1.82) is 0 Å². The molecule has 122 valence electrons. The van der Waals surface area contributed by atoms with Crippen LogP contribution in [0.1, 0.15) is 17.0 Å². The van der Waals surface area contributed by atoms with Crippen molar-refractivity contribution in [3.05, 3.63) is 57.8 Å². The van der Waals surface area contributed by atoms with E-state index in [0.29, 0.717) is 5.82 Å². The average Bonchev–Trinajstić information content (AvgIpc) is 2.87. The number of aromatic nitrogens is 5. The van der Waals surface area contributed by atoms with Crippen molar-refractivity contribution >= 4 is 17.3 Å². The highest BCUT2D eigenvalue weighted by Crippen LogP contribution is 2.30. The van der Waals surface area contributed by atoms with Crippen molar-refractivity contribution < 1.29 is 4.92 Å². The van der Waals surface area contributed by atoms with Crippen LogP contribution in [0.25, 0.3) is 5.82 Å². The lowest BCUT2D eigenvalue weighted by Crippen LogP contribution is -2.10. The molecule has 0 aliphatic rings. The molecule has 0 fully saturated rings. The molecular weight excluding hydrogens is 310 g/mol. The Hall–Kier alpha value is -3.36. The highest BCUT2D eigenvalue weighted by Gasteiger charge is 2.26. The first-order valence-corrected chi connectivity index (χ1v) is 7.18. The second-order valence-corrected chi connectivity index (χ2v) is 5.34. The second-order valence-electron chi connectivity index (χ2n) is 5.34. The molecule has 0 saturated carbocycles. The Morgan fingerprint density at radius 3 is 2.54 bits per heavy atom. The van der Waals surface area contributed by atoms with E-state index in [0.717, 1.165) is 17.0 Å². The molecule has 0 saturated heterocycles. The first-order chi connectivity index (χ1) is 11.5. The fraction of sp³-hybridized carbons (Fsp3) is 0.200. The van der Waals surface area contributed by atoms with Gasteiger partial charge in [-0.2, -0.15) is 5.10 Å². The fourth-order valence-electron chi connectivity index (χ4n) is 2.29. The van der Waals surface area contributed by atoms with Crippen LogP contribution in [0.3, 0.4) is 0 Å². The Morgan fingerprint density at radius 1 is 1.17 bits per heavy atom. The number of hydrogen-bond acceptors (Lipinski definition) is 7. The smallest absolute Gasteiger partial charge is 0.319 e. The van der Waals surface area contributed by atoms with Crippen LogP contribution < -0.4 is 5.32 Å². The Balaban J connectivity index is 2.10. The van der Waals surface area contributed by atoms with Gasteiger partial charge in [0.15, 0.2) is 0 Å². The first-order valence-electron chi connectivity index (χ1n) is 7.18. The third kappa shape index (κ3) is 2.91. The third-order valence-corrected chi connectivity index (χ3v) is 3.35.